The van der Waals surface area contributed by atoms with Crippen LogP contribution in [0.2, 0.25) is 0 Å². The van der Waals surface area contributed by atoms with E-state index in [9.17, 15) is 0 Å². The molecule has 3 nitrogen and oxygen atoms in total. The fourth-order valence-electron chi connectivity index (χ4n) is 1.67. The van der Waals surface area contributed by atoms with Crippen molar-refractivity contribution in [2.75, 3.05) is 0 Å². The van der Waals surface area contributed by atoms with Gasteiger partial charge in [-0.15, -0.1) is 11.3 Å². The molecule has 16 heavy (non-hydrogen) atoms. The molecule has 0 aromatic carbocycles. The minimum Gasteiger partial charge on any atom is -0.336 e. The lowest BCUT2D eigenvalue weighted by molar-refractivity contribution is 1.22. The van der Waals surface area contributed by atoms with Gasteiger partial charge in [-0.1, -0.05) is 0 Å². The molecule has 0 atom stereocenters. The van der Waals surface area contributed by atoms with E-state index in [1.165, 1.54) is 4.88 Å². The number of H-pyrrole nitrogens is 1. The molecule has 80 valence electrons. The summed E-state index contributed by atoms with van der Waals surface area (Å²) in [5.74, 6) is 0.909. The lowest BCUT2D eigenvalue weighted by Gasteiger charge is -1.88. The van der Waals surface area contributed by atoms with E-state index in [0.29, 0.717) is 0 Å². The van der Waals surface area contributed by atoms with Crippen LogP contribution in [0.15, 0.2) is 24.3 Å². The molecule has 0 aliphatic rings. The lowest BCUT2D eigenvalue weighted by Crippen LogP contribution is -1.80. The fourth-order valence-corrected chi connectivity index (χ4v) is 2.48. The first-order valence-electron chi connectivity index (χ1n) is 5.12. The van der Waals surface area contributed by atoms with E-state index in [-0.39, 0.29) is 0 Å². The van der Waals surface area contributed by atoms with Crippen LogP contribution in [0.25, 0.3) is 21.9 Å². The standard InChI is InChI=1S/C12H11N3S/c1-7-3-5-9-11(13-7)15-12(14-9)10-6-4-8(2)16-10/h3-6H,1-2H3,(H,13,14,15). The van der Waals surface area contributed by atoms with E-state index >= 15 is 0 Å². The number of imidazole rings is 1. The smallest absolute Gasteiger partial charge is 0.178 e. The van der Waals surface area contributed by atoms with Gasteiger partial charge in [-0.05, 0) is 38.1 Å². The average molecular weight is 229 g/mol. The van der Waals surface area contributed by atoms with Crippen molar-refractivity contribution in [2.24, 2.45) is 0 Å². The molecule has 0 aliphatic carbocycles. The van der Waals surface area contributed by atoms with Crippen molar-refractivity contribution in [2.45, 2.75) is 13.8 Å². The molecule has 0 amide bonds. The van der Waals surface area contributed by atoms with Crippen LogP contribution >= 0.6 is 11.3 Å². The molecule has 0 radical (unpaired) electrons. The largest absolute Gasteiger partial charge is 0.336 e. The molecule has 0 saturated carbocycles. The normalized spacial score (nSPS) is 11.1. The maximum absolute atomic E-state index is 4.50. The molecule has 3 aromatic rings. The summed E-state index contributed by atoms with van der Waals surface area (Å²) in [5, 5.41) is 0. The van der Waals surface area contributed by atoms with Crippen molar-refractivity contribution in [3.8, 4) is 10.7 Å². The molecule has 3 rings (SSSR count). The van der Waals surface area contributed by atoms with Crippen LogP contribution in [0.1, 0.15) is 10.6 Å². The number of thiophene rings is 1. The van der Waals surface area contributed by atoms with Gasteiger partial charge in [-0.25, -0.2) is 9.97 Å². The van der Waals surface area contributed by atoms with Crippen LogP contribution < -0.4 is 0 Å². The molecule has 0 saturated heterocycles. The summed E-state index contributed by atoms with van der Waals surface area (Å²) < 4.78 is 0. The Bertz CT molecular complexity index is 651. The highest BCUT2D eigenvalue weighted by Gasteiger charge is 2.07. The maximum atomic E-state index is 4.50. The number of aromatic amines is 1. The van der Waals surface area contributed by atoms with Crippen LogP contribution in [-0.2, 0) is 0 Å². The van der Waals surface area contributed by atoms with Gasteiger partial charge in [0.1, 0.15) is 0 Å². The monoisotopic (exact) mass is 229 g/mol. The third-order valence-corrected chi connectivity index (χ3v) is 3.47. The van der Waals surface area contributed by atoms with Crippen LogP contribution in [0, 0.1) is 13.8 Å². The Labute approximate surface area is 97.2 Å². The van der Waals surface area contributed by atoms with Gasteiger partial charge in [-0.3, -0.25) is 0 Å². The highest BCUT2D eigenvalue weighted by Crippen LogP contribution is 2.26. The van der Waals surface area contributed by atoms with E-state index in [4.69, 9.17) is 0 Å². The molecule has 0 fully saturated rings. The minimum atomic E-state index is 0.793. The number of pyridine rings is 1. The summed E-state index contributed by atoms with van der Waals surface area (Å²) in [4.78, 5) is 14.6. The number of rotatable bonds is 1. The number of nitrogens with one attached hydrogen (secondary N) is 1. The Balaban J connectivity index is 2.18. The molecule has 1 N–H and O–H groups in total. The molecule has 3 heterocycles. The predicted octanol–water partition coefficient (Wildman–Crippen LogP) is 3.30. The topological polar surface area (TPSA) is 41.6 Å². The van der Waals surface area contributed by atoms with Gasteiger partial charge in [0.2, 0.25) is 0 Å². The minimum absolute atomic E-state index is 0.793. The highest BCUT2D eigenvalue weighted by atomic mass is 32.1. The van der Waals surface area contributed by atoms with Crippen molar-refractivity contribution in [3.05, 3.63) is 34.8 Å². The van der Waals surface area contributed by atoms with Gasteiger partial charge in [0, 0.05) is 10.6 Å². The van der Waals surface area contributed by atoms with Gasteiger partial charge >= 0.3 is 0 Å². The summed E-state index contributed by atoms with van der Waals surface area (Å²) in [6.07, 6.45) is 0. The Morgan fingerprint density at radius 1 is 1.06 bits per heavy atom. The molecule has 4 heteroatoms. The third kappa shape index (κ3) is 1.51. The molecule has 0 aliphatic heterocycles. The van der Waals surface area contributed by atoms with Crippen molar-refractivity contribution in [1.29, 1.82) is 0 Å². The summed E-state index contributed by atoms with van der Waals surface area (Å²) in [5.41, 5.74) is 2.78. The number of aryl methyl sites for hydroxylation is 2. The number of fused-ring (bicyclic) bond motifs is 1. The number of aromatic nitrogens is 3. The summed E-state index contributed by atoms with van der Waals surface area (Å²) in [6, 6.07) is 8.20. The zero-order chi connectivity index (χ0) is 11.1. The number of hydrogen-bond donors (Lipinski definition) is 1. The molecule has 0 bridgehead atoms. The highest BCUT2D eigenvalue weighted by molar-refractivity contribution is 7.15. The van der Waals surface area contributed by atoms with Crippen molar-refractivity contribution < 1.29 is 0 Å². The van der Waals surface area contributed by atoms with Gasteiger partial charge in [0.05, 0.1) is 10.4 Å². The third-order valence-electron chi connectivity index (χ3n) is 2.46. The average Bonchev–Trinajstić information content (AvgIpc) is 2.83. The van der Waals surface area contributed by atoms with Crippen LogP contribution in [0.5, 0.6) is 0 Å². The van der Waals surface area contributed by atoms with Crippen molar-refractivity contribution in [1.82, 2.24) is 15.0 Å². The number of nitrogens with zero attached hydrogens (tertiary/aromatic N) is 2. The summed E-state index contributed by atoms with van der Waals surface area (Å²) in [7, 11) is 0. The van der Waals surface area contributed by atoms with Crippen molar-refractivity contribution >= 4 is 22.5 Å². The SMILES string of the molecule is Cc1ccc2[nH]c(-c3ccc(C)s3)nc2n1. The van der Waals surface area contributed by atoms with Crippen molar-refractivity contribution in [3.63, 3.8) is 0 Å². The van der Waals surface area contributed by atoms with Crippen LogP contribution in [-0.4, -0.2) is 15.0 Å². The zero-order valence-corrected chi connectivity index (χ0v) is 9.93. The Morgan fingerprint density at radius 2 is 1.94 bits per heavy atom. The van der Waals surface area contributed by atoms with Gasteiger partial charge in [0.15, 0.2) is 11.5 Å². The zero-order valence-electron chi connectivity index (χ0n) is 9.11. The van der Waals surface area contributed by atoms with Crippen LogP contribution in [0.4, 0.5) is 0 Å². The Morgan fingerprint density at radius 3 is 2.69 bits per heavy atom. The van der Waals surface area contributed by atoms with Gasteiger partial charge < -0.3 is 4.98 Å². The predicted molar refractivity (Wildman–Crippen MR) is 66.7 cm³/mol. The first-order chi connectivity index (χ1) is 7.72. The fraction of sp³-hybridized carbons (Fsp3) is 0.167. The Hall–Kier alpha value is -1.68. The lowest BCUT2D eigenvalue weighted by atomic mass is 10.3. The second-order valence-corrected chi connectivity index (χ2v) is 5.11. The first-order valence-corrected chi connectivity index (χ1v) is 5.94. The second kappa shape index (κ2) is 3.42. The maximum Gasteiger partial charge on any atom is 0.178 e. The second-order valence-electron chi connectivity index (χ2n) is 3.82. The molecular formula is C12H11N3S. The number of hydrogen-bond acceptors (Lipinski definition) is 3. The van der Waals surface area contributed by atoms with Crippen LogP contribution in [0.3, 0.4) is 0 Å². The quantitative estimate of drug-likeness (QED) is 0.695. The first kappa shape index (κ1) is 9.54. The molecular weight excluding hydrogens is 218 g/mol. The molecule has 3 aromatic heterocycles. The van der Waals surface area contributed by atoms with E-state index < -0.39 is 0 Å². The van der Waals surface area contributed by atoms with E-state index in [1.807, 2.05) is 19.1 Å². The van der Waals surface area contributed by atoms with E-state index in [0.717, 1.165) is 27.6 Å². The van der Waals surface area contributed by atoms with E-state index in [2.05, 4.69) is 34.0 Å². The van der Waals surface area contributed by atoms with Gasteiger partial charge in [0.25, 0.3) is 0 Å². The Kier molecular flexibility index (Phi) is 2.04. The van der Waals surface area contributed by atoms with Gasteiger partial charge in [-0.2, -0.15) is 0 Å². The molecule has 0 unspecified atom stereocenters. The van der Waals surface area contributed by atoms with E-state index in [1.54, 1.807) is 11.3 Å². The summed E-state index contributed by atoms with van der Waals surface area (Å²) in [6.45, 7) is 4.07. The summed E-state index contributed by atoms with van der Waals surface area (Å²) >= 11 is 1.74. The molecule has 0 spiro atoms.